The minimum absolute atomic E-state index is 0.0842. The van der Waals surface area contributed by atoms with Crippen LogP contribution >= 0.6 is 11.8 Å². The fourth-order valence-electron chi connectivity index (χ4n) is 7.20. The van der Waals surface area contributed by atoms with Gasteiger partial charge in [0.1, 0.15) is 36.3 Å². The number of benzene rings is 1. The number of aliphatic hydroxyl groups excluding tert-OH is 1. The molecule has 0 aliphatic carbocycles. The number of thioether (sulfide) groups is 1. The van der Waals surface area contributed by atoms with Crippen LogP contribution in [-0.2, 0) is 44.8 Å². The fraction of sp³-hybridized carbons (Fsp3) is 0.610. The average Bonchev–Trinajstić information content (AvgIpc) is 3.89. The van der Waals surface area contributed by atoms with Gasteiger partial charge in [0.2, 0.25) is 41.4 Å². The Hall–Kier alpha value is -5.25. The van der Waals surface area contributed by atoms with Gasteiger partial charge in [0, 0.05) is 30.1 Å². The van der Waals surface area contributed by atoms with Crippen LogP contribution in [0.4, 0.5) is 0 Å². The largest absolute Gasteiger partial charge is 0.480 e. The molecule has 344 valence electrons. The van der Waals surface area contributed by atoms with Crippen LogP contribution in [-0.4, -0.2) is 141 Å². The van der Waals surface area contributed by atoms with E-state index in [1.54, 1.807) is 32.4 Å². The summed E-state index contributed by atoms with van der Waals surface area (Å²) in [6.07, 6.45) is 3.82. The van der Waals surface area contributed by atoms with E-state index in [9.17, 15) is 48.6 Å². The number of H-pyrrole nitrogens is 1. The smallest absolute Gasteiger partial charge is 0.326 e. The number of nitrogens with zero attached hydrogens (tertiary/aromatic N) is 1. The number of nitrogens with one attached hydrogen (secondary N) is 6. The minimum Gasteiger partial charge on any atom is -0.480 e. The van der Waals surface area contributed by atoms with E-state index in [0.717, 1.165) is 10.9 Å². The lowest BCUT2D eigenvalue weighted by atomic mass is 9.98. The van der Waals surface area contributed by atoms with Crippen molar-refractivity contribution in [1.82, 2.24) is 36.5 Å². The molecular formula is C41H64N10O10S. The van der Waals surface area contributed by atoms with Gasteiger partial charge in [-0.3, -0.25) is 33.6 Å². The molecule has 21 heteroatoms. The monoisotopic (exact) mass is 888 g/mol. The lowest BCUT2D eigenvalue weighted by Gasteiger charge is -2.31. The number of aliphatic carboxylic acids is 1. The number of aromatic amines is 1. The summed E-state index contributed by atoms with van der Waals surface area (Å²) < 4.78 is 0. The molecular weight excluding hydrogens is 825 g/mol. The molecule has 7 amide bonds. The number of fused-ring (bicyclic) bond motifs is 1. The predicted molar refractivity (Wildman–Crippen MR) is 233 cm³/mol. The van der Waals surface area contributed by atoms with Gasteiger partial charge in [-0.2, -0.15) is 11.8 Å². The standard InChI is InChI=1S/C41H64N10O10S/c1-5-22(2)33(41(60)61)49-38(57)31-14-10-17-51(31)40(59)29(13-8-9-16-42)47-36(55)28(15-18-62-4)46-39(58)34(23(3)52)50-37(56)30(48-35(54)26(43)20-32(44)53)19-24-21-45-27-12-7-6-11-25(24)27/h6-7,11-12,21-23,26,28-31,33-34,45,52H,5,8-10,13-20,42-43H2,1-4H3,(H2,44,53)(H,46,58)(H,47,55)(H,48,54)(H,49,57)(H,50,56)(H,60,61)/t22-,23+,26-,28-,29-,30-,31-,33-,34-/m0/s1. The molecule has 0 unspecified atom stereocenters. The number of hydrogen-bond acceptors (Lipinski definition) is 12. The maximum atomic E-state index is 14.1. The number of primary amides is 1. The van der Waals surface area contributed by atoms with E-state index in [0.29, 0.717) is 50.0 Å². The van der Waals surface area contributed by atoms with Gasteiger partial charge in [0.05, 0.1) is 18.6 Å². The number of carboxylic acids is 1. The predicted octanol–water partition coefficient (Wildman–Crippen LogP) is -1.28. The number of para-hydroxylation sites is 1. The highest BCUT2D eigenvalue weighted by atomic mass is 32.2. The van der Waals surface area contributed by atoms with Gasteiger partial charge in [0.25, 0.3) is 0 Å². The highest BCUT2D eigenvalue weighted by Gasteiger charge is 2.40. The fourth-order valence-corrected chi connectivity index (χ4v) is 7.67. The summed E-state index contributed by atoms with van der Waals surface area (Å²) in [7, 11) is 0. The molecule has 0 radical (unpaired) electrons. The van der Waals surface area contributed by atoms with Crippen molar-refractivity contribution in [2.24, 2.45) is 23.1 Å². The molecule has 1 aromatic carbocycles. The zero-order valence-corrected chi connectivity index (χ0v) is 36.6. The highest BCUT2D eigenvalue weighted by Crippen LogP contribution is 2.22. The number of aromatic nitrogens is 1. The first kappa shape index (κ1) is 51.1. The van der Waals surface area contributed by atoms with Gasteiger partial charge in [-0.15, -0.1) is 0 Å². The van der Waals surface area contributed by atoms with E-state index < -0.39 is 102 Å². The Morgan fingerprint density at radius 2 is 1.55 bits per heavy atom. The summed E-state index contributed by atoms with van der Waals surface area (Å²) in [5, 5.41) is 34.3. The van der Waals surface area contributed by atoms with E-state index in [4.69, 9.17) is 17.2 Å². The topological polar surface area (TPSA) is 334 Å². The number of hydrogen-bond donors (Lipinski definition) is 11. The number of nitrogens with two attached hydrogens (primary N) is 3. The molecule has 20 nitrogen and oxygen atoms in total. The second-order valence-electron chi connectivity index (χ2n) is 15.7. The van der Waals surface area contributed by atoms with E-state index in [1.165, 1.54) is 23.6 Å². The van der Waals surface area contributed by atoms with Crippen molar-refractivity contribution >= 4 is 70.0 Å². The molecule has 1 saturated heterocycles. The maximum Gasteiger partial charge on any atom is 0.326 e. The first-order chi connectivity index (χ1) is 29.4. The van der Waals surface area contributed by atoms with Crippen molar-refractivity contribution in [2.75, 3.05) is 25.1 Å². The third kappa shape index (κ3) is 14.7. The molecule has 2 heterocycles. The summed E-state index contributed by atoms with van der Waals surface area (Å²) in [5.41, 5.74) is 18.2. The number of aliphatic hydroxyl groups is 1. The van der Waals surface area contributed by atoms with Crippen LogP contribution in [0.5, 0.6) is 0 Å². The summed E-state index contributed by atoms with van der Waals surface area (Å²) >= 11 is 1.39. The van der Waals surface area contributed by atoms with Gasteiger partial charge in [-0.1, -0.05) is 38.5 Å². The Morgan fingerprint density at radius 1 is 0.887 bits per heavy atom. The molecule has 1 fully saturated rings. The Labute approximate surface area is 365 Å². The molecule has 9 atom stereocenters. The molecule has 0 bridgehead atoms. The normalized spacial score (nSPS) is 17.7. The number of carboxylic acid groups (broad SMARTS) is 1. The molecule has 2 aromatic rings. The Morgan fingerprint density at radius 3 is 2.18 bits per heavy atom. The first-order valence-corrected chi connectivity index (χ1v) is 22.3. The zero-order chi connectivity index (χ0) is 46.1. The Bertz CT molecular complexity index is 1880. The van der Waals surface area contributed by atoms with Gasteiger partial charge in [-0.25, -0.2) is 4.79 Å². The molecule has 0 saturated carbocycles. The summed E-state index contributed by atoms with van der Waals surface area (Å²) in [5.74, 6) is -6.57. The van der Waals surface area contributed by atoms with Gasteiger partial charge in [-0.05, 0) is 81.5 Å². The van der Waals surface area contributed by atoms with E-state index in [1.807, 2.05) is 18.2 Å². The lowest BCUT2D eigenvalue weighted by Crippen LogP contribution is -2.62. The summed E-state index contributed by atoms with van der Waals surface area (Å²) in [6.45, 7) is 5.29. The van der Waals surface area contributed by atoms with Gasteiger partial charge in [0.15, 0.2) is 0 Å². The quantitative estimate of drug-likeness (QED) is 0.0491. The summed E-state index contributed by atoms with van der Waals surface area (Å²) in [4.78, 5) is 110. The van der Waals surface area contributed by atoms with Crippen molar-refractivity contribution < 1.29 is 48.6 Å². The SMILES string of the molecule is CC[C@H](C)[C@H](NC(=O)[C@@H]1CCCN1C(=O)[C@H](CCCCN)NC(=O)[C@H](CCSC)NC(=O)[C@@H](NC(=O)[C@H](Cc1c[nH]c2ccccc12)NC(=O)[C@@H](N)CC(N)=O)[C@@H](C)O)C(=O)O. The van der Waals surface area contributed by atoms with Gasteiger partial charge < -0.3 is 63.9 Å². The van der Waals surface area contributed by atoms with Crippen molar-refractivity contribution in [3.63, 3.8) is 0 Å². The van der Waals surface area contributed by atoms with E-state index in [2.05, 4.69) is 31.6 Å². The van der Waals surface area contributed by atoms with Crippen LogP contribution in [0.15, 0.2) is 30.5 Å². The lowest BCUT2D eigenvalue weighted by molar-refractivity contribution is -0.146. The molecule has 1 aliphatic heterocycles. The zero-order valence-electron chi connectivity index (χ0n) is 35.8. The molecule has 1 aromatic heterocycles. The maximum absolute atomic E-state index is 14.1. The number of rotatable bonds is 26. The minimum atomic E-state index is -1.63. The van der Waals surface area contributed by atoms with Crippen LogP contribution in [0.1, 0.15) is 77.7 Å². The molecule has 3 rings (SSSR count). The van der Waals surface area contributed by atoms with Crippen LogP contribution in [0.2, 0.25) is 0 Å². The molecule has 1 aliphatic rings. The van der Waals surface area contributed by atoms with E-state index >= 15 is 0 Å². The highest BCUT2D eigenvalue weighted by molar-refractivity contribution is 7.98. The number of carbonyl (C=O) groups is 8. The Kier molecular flexibility index (Phi) is 20.6. The number of likely N-dealkylation sites (tertiary alicyclic amines) is 1. The van der Waals surface area contributed by atoms with Gasteiger partial charge >= 0.3 is 5.97 Å². The second-order valence-corrected chi connectivity index (χ2v) is 16.7. The van der Waals surface area contributed by atoms with Crippen LogP contribution < -0.4 is 43.8 Å². The van der Waals surface area contributed by atoms with Crippen molar-refractivity contribution in [1.29, 1.82) is 0 Å². The van der Waals surface area contributed by atoms with Crippen molar-refractivity contribution in [2.45, 2.75) is 127 Å². The van der Waals surface area contributed by atoms with Crippen molar-refractivity contribution in [3.05, 3.63) is 36.0 Å². The average molecular weight is 889 g/mol. The second kappa shape index (κ2) is 25.0. The number of amides is 7. The third-order valence-corrected chi connectivity index (χ3v) is 11.6. The molecule has 62 heavy (non-hydrogen) atoms. The summed E-state index contributed by atoms with van der Waals surface area (Å²) in [6, 6.07) is -1.64. The van der Waals surface area contributed by atoms with Crippen molar-refractivity contribution in [3.8, 4) is 0 Å². The molecule has 14 N–H and O–H groups in total. The van der Waals surface area contributed by atoms with Crippen LogP contribution in [0, 0.1) is 5.92 Å². The van der Waals surface area contributed by atoms with E-state index in [-0.39, 0.29) is 31.7 Å². The third-order valence-electron chi connectivity index (χ3n) is 11.0. The number of unbranched alkanes of at least 4 members (excludes halogenated alkanes) is 1. The molecule has 0 spiro atoms. The Balaban J connectivity index is 1.84. The number of carbonyl (C=O) groups excluding carboxylic acids is 7. The van der Waals surface area contributed by atoms with Crippen LogP contribution in [0.3, 0.4) is 0 Å². The van der Waals surface area contributed by atoms with Crippen LogP contribution in [0.25, 0.3) is 10.9 Å². The first-order valence-electron chi connectivity index (χ1n) is 20.9.